The molecule has 2 N–H and O–H groups in total. The third kappa shape index (κ3) is 2.48. The molecule has 5 heteroatoms. The molecule has 3 nitrogen and oxygen atoms in total. The Morgan fingerprint density at radius 3 is 2.44 bits per heavy atom. The second-order valence-electron chi connectivity index (χ2n) is 4.16. The highest BCUT2D eigenvalue weighted by Crippen LogP contribution is 2.34. The van der Waals surface area contributed by atoms with Crippen molar-refractivity contribution in [1.82, 2.24) is 0 Å². The molecule has 0 bridgehead atoms. The molecule has 0 amide bonds. The lowest BCUT2D eigenvalue weighted by Crippen LogP contribution is -2.28. The molecular weight excluding hydrogens is 216 g/mol. The first kappa shape index (κ1) is 12.9. The average molecular weight is 231 g/mol. The molecule has 1 aromatic rings. The maximum absolute atomic E-state index is 13.7. The van der Waals surface area contributed by atoms with E-state index in [1.807, 2.05) is 0 Å². The van der Waals surface area contributed by atoms with Gasteiger partial charge in [0.1, 0.15) is 17.4 Å². The molecule has 0 aliphatic heterocycles. The number of ether oxygens (including phenoxy) is 1. The van der Waals surface area contributed by atoms with Crippen LogP contribution in [0, 0.1) is 11.6 Å². The lowest BCUT2D eigenvalue weighted by atomic mass is 9.84. The van der Waals surface area contributed by atoms with Crippen molar-refractivity contribution in [2.24, 2.45) is 5.90 Å². The van der Waals surface area contributed by atoms with E-state index in [-0.39, 0.29) is 17.9 Å². The normalized spacial score (nSPS) is 11.6. The molecule has 0 saturated carbocycles. The molecule has 0 heterocycles. The molecule has 0 saturated heterocycles. The quantitative estimate of drug-likeness (QED) is 0.807. The molecule has 0 aromatic heterocycles. The number of benzene rings is 1. The topological polar surface area (TPSA) is 44.5 Å². The third-order valence-corrected chi connectivity index (χ3v) is 2.36. The van der Waals surface area contributed by atoms with E-state index in [1.54, 1.807) is 13.8 Å². The summed E-state index contributed by atoms with van der Waals surface area (Å²) in [4.78, 5) is 4.53. The minimum Gasteiger partial charge on any atom is -0.496 e. The number of hydrogen-bond acceptors (Lipinski definition) is 3. The van der Waals surface area contributed by atoms with Gasteiger partial charge in [0.25, 0.3) is 0 Å². The van der Waals surface area contributed by atoms with Gasteiger partial charge in [0.2, 0.25) is 0 Å². The minimum atomic E-state index is -0.697. The van der Waals surface area contributed by atoms with Crippen molar-refractivity contribution >= 4 is 0 Å². The first-order valence-corrected chi connectivity index (χ1v) is 4.77. The van der Waals surface area contributed by atoms with Crippen molar-refractivity contribution < 1.29 is 18.4 Å². The fraction of sp³-hybridized carbons (Fsp3) is 0.455. The monoisotopic (exact) mass is 231 g/mol. The number of rotatable bonds is 4. The van der Waals surface area contributed by atoms with Gasteiger partial charge in [-0.2, -0.15) is 0 Å². The van der Waals surface area contributed by atoms with Gasteiger partial charge in [0, 0.05) is 23.1 Å². The van der Waals surface area contributed by atoms with E-state index in [9.17, 15) is 8.78 Å². The van der Waals surface area contributed by atoms with Gasteiger partial charge in [-0.1, -0.05) is 13.8 Å². The van der Waals surface area contributed by atoms with Crippen LogP contribution in [0.5, 0.6) is 5.75 Å². The van der Waals surface area contributed by atoms with Crippen molar-refractivity contribution in [2.75, 3.05) is 13.7 Å². The van der Waals surface area contributed by atoms with Crippen LogP contribution >= 0.6 is 0 Å². The second-order valence-corrected chi connectivity index (χ2v) is 4.16. The highest BCUT2D eigenvalue weighted by atomic mass is 19.1. The van der Waals surface area contributed by atoms with Gasteiger partial charge in [-0.25, -0.2) is 14.7 Å². The maximum atomic E-state index is 13.7. The molecule has 16 heavy (non-hydrogen) atoms. The number of nitrogens with two attached hydrogens (primary N) is 1. The zero-order valence-electron chi connectivity index (χ0n) is 9.51. The lowest BCUT2D eigenvalue weighted by Gasteiger charge is -2.26. The van der Waals surface area contributed by atoms with Crippen molar-refractivity contribution in [1.29, 1.82) is 0 Å². The van der Waals surface area contributed by atoms with E-state index in [1.165, 1.54) is 7.11 Å². The standard InChI is InChI=1S/C11H15F2NO2/c1-11(2,6-16-14)10-8(13)4-7(12)5-9(10)15-3/h4-5H,6,14H2,1-3H3. The Kier molecular flexibility index (Phi) is 3.83. The van der Waals surface area contributed by atoms with Crippen LogP contribution in [0.2, 0.25) is 0 Å². The van der Waals surface area contributed by atoms with Crippen molar-refractivity contribution in [3.05, 3.63) is 29.3 Å². The summed E-state index contributed by atoms with van der Waals surface area (Å²) < 4.78 is 31.7. The van der Waals surface area contributed by atoms with Crippen LogP contribution in [0.25, 0.3) is 0 Å². The first-order chi connectivity index (χ1) is 7.42. The molecule has 0 radical (unpaired) electrons. The second kappa shape index (κ2) is 4.76. The average Bonchev–Trinajstić information content (AvgIpc) is 2.15. The van der Waals surface area contributed by atoms with Gasteiger partial charge >= 0.3 is 0 Å². The van der Waals surface area contributed by atoms with E-state index < -0.39 is 17.0 Å². The summed E-state index contributed by atoms with van der Waals surface area (Å²) in [6, 6.07) is 1.95. The van der Waals surface area contributed by atoms with Crippen molar-refractivity contribution in [3.63, 3.8) is 0 Å². The van der Waals surface area contributed by atoms with Crippen molar-refractivity contribution in [2.45, 2.75) is 19.3 Å². The van der Waals surface area contributed by atoms with E-state index in [0.717, 1.165) is 12.1 Å². The fourth-order valence-electron chi connectivity index (χ4n) is 1.65. The predicted octanol–water partition coefficient (Wildman–Crippen LogP) is 2.14. The van der Waals surface area contributed by atoms with Crippen LogP contribution in [0.3, 0.4) is 0 Å². The van der Waals surface area contributed by atoms with Crippen LogP contribution < -0.4 is 10.6 Å². The first-order valence-electron chi connectivity index (χ1n) is 4.77. The molecule has 0 spiro atoms. The van der Waals surface area contributed by atoms with Crippen LogP contribution in [-0.4, -0.2) is 13.7 Å². The Labute approximate surface area is 93.1 Å². The van der Waals surface area contributed by atoms with Crippen LogP contribution in [0.1, 0.15) is 19.4 Å². The van der Waals surface area contributed by atoms with E-state index in [0.29, 0.717) is 0 Å². The molecular formula is C11H15F2NO2. The Bertz CT molecular complexity index is 380. The summed E-state index contributed by atoms with van der Waals surface area (Å²) in [5, 5.41) is 0. The zero-order chi connectivity index (χ0) is 12.3. The minimum absolute atomic E-state index is 0.103. The Morgan fingerprint density at radius 2 is 1.94 bits per heavy atom. The van der Waals surface area contributed by atoms with Gasteiger partial charge in [0.15, 0.2) is 0 Å². The van der Waals surface area contributed by atoms with Gasteiger partial charge < -0.3 is 9.57 Å². The Hall–Kier alpha value is -1.20. The summed E-state index contributed by atoms with van der Waals surface area (Å²) in [6.07, 6.45) is 0. The van der Waals surface area contributed by atoms with Gasteiger partial charge in [-0.05, 0) is 0 Å². The van der Waals surface area contributed by atoms with Gasteiger partial charge in [-0.15, -0.1) is 0 Å². The lowest BCUT2D eigenvalue weighted by molar-refractivity contribution is 0.0939. The maximum Gasteiger partial charge on any atom is 0.133 e. The predicted molar refractivity (Wildman–Crippen MR) is 56.1 cm³/mol. The summed E-state index contributed by atoms with van der Waals surface area (Å²) >= 11 is 0. The van der Waals surface area contributed by atoms with Crippen LogP contribution in [0.15, 0.2) is 12.1 Å². The molecule has 0 fully saturated rings. The van der Waals surface area contributed by atoms with E-state index >= 15 is 0 Å². The van der Waals surface area contributed by atoms with Crippen LogP contribution in [0.4, 0.5) is 8.78 Å². The smallest absolute Gasteiger partial charge is 0.133 e. The molecule has 0 aliphatic carbocycles. The molecule has 90 valence electrons. The Balaban J connectivity index is 3.31. The molecule has 0 atom stereocenters. The fourth-order valence-corrected chi connectivity index (χ4v) is 1.65. The molecule has 1 aromatic carbocycles. The van der Waals surface area contributed by atoms with E-state index in [2.05, 4.69) is 4.84 Å². The largest absolute Gasteiger partial charge is 0.496 e. The van der Waals surface area contributed by atoms with Crippen molar-refractivity contribution in [3.8, 4) is 5.75 Å². The SMILES string of the molecule is COc1cc(F)cc(F)c1C(C)(C)CON. The number of halogens is 2. The summed E-state index contributed by atoms with van der Waals surface area (Å²) in [7, 11) is 1.36. The number of hydrogen-bond donors (Lipinski definition) is 1. The molecule has 0 aliphatic rings. The highest BCUT2D eigenvalue weighted by molar-refractivity contribution is 5.40. The molecule has 1 rings (SSSR count). The summed E-state index contributed by atoms with van der Waals surface area (Å²) in [5.74, 6) is 3.79. The van der Waals surface area contributed by atoms with E-state index in [4.69, 9.17) is 10.6 Å². The summed E-state index contributed by atoms with van der Waals surface area (Å²) in [6.45, 7) is 3.57. The molecule has 0 unspecified atom stereocenters. The van der Waals surface area contributed by atoms with Gasteiger partial charge in [-0.3, -0.25) is 0 Å². The highest BCUT2D eigenvalue weighted by Gasteiger charge is 2.29. The third-order valence-electron chi connectivity index (χ3n) is 2.36. The Morgan fingerprint density at radius 1 is 1.31 bits per heavy atom. The summed E-state index contributed by atoms with van der Waals surface area (Å²) in [5.41, 5.74) is -0.445. The van der Waals surface area contributed by atoms with Gasteiger partial charge in [0.05, 0.1) is 13.7 Å². The number of methoxy groups -OCH3 is 1. The van der Waals surface area contributed by atoms with Crippen LogP contribution in [-0.2, 0) is 10.3 Å². The zero-order valence-corrected chi connectivity index (χ0v) is 9.51.